The molecule has 1 aromatic rings. The second kappa shape index (κ2) is 5.62. The minimum atomic E-state index is 0.221. The summed E-state index contributed by atoms with van der Waals surface area (Å²) in [5.41, 5.74) is 1.05. The number of anilines is 1. The van der Waals surface area contributed by atoms with Crippen molar-refractivity contribution in [3.8, 4) is 0 Å². The molecule has 2 rings (SSSR count). The zero-order chi connectivity index (χ0) is 12.3. The van der Waals surface area contributed by atoms with Crippen LogP contribution in [0.15, 0.2) is 6.20 Å². The number of piperazine rings is 1. The van der Waals surface area contributed by atoms with Crippen molar-refractivity contribution in [2.75, 3.05) is 44.2 Å². The molecule has 2 heterocycles. The molecule has 94 valence electrons. The molecular formula is C11H17ClN4O. The Kier molecular flexibility index (Phi) is 4.15. The van der Waals surface area contributed by atoms with Gasteiger partial charge in [-0.05, 0) is 18.5 Å². The highest BCUT2D eigenvalue weighted by molar-refractivity contribution is 6.28. The summed E-state index contributed by atoms with van der Waals surface area (Å²) in [5.74, 6) is 0.925. The fourth-order valence-corrected chi connectivity index (χ4v) is 2.19. The Morgan fingerprint density at radius 2 is 2.06 bits per heavy atom. The van der Waals surface area contributed by atoms with E-state index in [2.05, 4.69) is 19.8 Å². The summed E-state index contributed by atoms with van der Waals surface area (Å²) in [6, 6.07) is 0. The van der Waals surface area contributed by atoms with E-state index < -0.39 is 0 Å². The lowest BCUT2D eigenvalue weighted by Crippen LogP contribution is -2.47. The number of halogens is 1. The minimum Gasteiger partial charge on any atom is -0.395 e. The molecule has 0 unspecified atom stereocenters. The van der Waals surface area contributed by atoms with E-state index in [4.69, 9.17) is 16.7 Å². The smallest absolute Gasteiger partial charge is 0.224 e. The van der Waals surface area contributed by atoms with Gasteiger partial charge in [0.2, 0.25) is 5.28 Å². The summed E-state index contributed by atoms with van der Waals surface area (Å²) in [5, 5.41) is 9.18. The first-order valence-electron chi connectivity index (χ1n) is 5.78. The van der Waals surface area contributed by atoms with Gasteiger partial charge < -0.3 is 10.0 Å². The average molecular weight is 257 g/mol. The van der Waals surface area contributed by atoms with Crippen molar-refractivity contribution >= 4 is 17.4 Å². The van der Waals surface area contributed by atoms with Gasteiger partial charge in [-0.3, -0.25) is 4.90 Å². The van der Waals surface area contributed by atoms with Crippen LogP contribution in [0.2, 0.25) is 5.28 Å². The van der Waals surface area contributed by atoms with Crippen molar-refractivity contribution in [3.05, 3.63) is 17.0 Å². The quantitative estimate of drug-likeness (QED) is 0.801. The predicted molar refractivity (Wildman–Crippen MR) is 67.5 cm³/mol. The van der Waals surface area contributed by atoms with Crippen molar-refractivity contribution < 1.29 is 5.11 Å². The summed E-state index contributed by atoms with van der Waals surface area (Å²) in [6.45, 7) is 6.67. The van der Waals surface area contributed by atoms with Gasteiger partial charge in [0.05, 0.1) is 6.61 Å². The molecule has 0 aromatic carbocycles. The number of β-amino-alcohol motifs (C(OH)–C–C–N with tert-alkyl or cyclic N) is 1. The number of aryl methyl sites for hydroxylation is 1. The normalized spacial score (nSPS) is 17.5. The molecule has 0 spiro atoms. The van der Waals surface area contributed by atoms with Crippen molar-refractivity contribution in [3.63, 3.8) is 0 Å². The van der Waals surface area contributed by atoms with Gasteiger partial charge in [-0.1, -0.05) is 0 Å². The second-order valence-electron chi connectivity index (χ2n) is 4.20. The van der Waals surface area contributed by atoms with Crippen LogP contribution in [-0.2, 0) is 0 Å². The van der Waals surface area contributed by atoms with E-state index >= 15 is 0 Å². The largest absolute Gasteiger partial charge is 0.395 e. The van der Waals surface area contributed by atoms with Crippen molar-refractivity contribution in [2.24, 2.45) is 0 Å². The van der Waals surface area contributed by atoms with Crippen molar-refractivity contribution in [2.45, 2.75) is 6.92 Å². The lowest BCUT2D eigenvalue weighted by atomic mass is 10.2. The third-order valence-electron chi connectivity index (χ3n) is 3.00. The number of nitrogens with zero attached hydrogens (tertiary/aromatic N) is 4. The van der Waals surface area contributed by atoms with E-state index in [1.165, 1.54) is 0 Å². The van der Waals surface area contributed by atoms with Gasteiger partial charge >= 0.3 is 0 Å². The Balaban J connectivity index is 2.02. The average Bonchev–Trinajstić information content (AvgIpc) is 2.34. The maximum Gasteiger partial charge on any atom is 0.224 e. The molecule has 0 radical (unpaired) electrons. The third-order valence-corrected chi connectivity index (χ3v) is 3.19. The lowest BCUT2D eigenvalue weighted by Gasteiger charge is -2.35. The Labute approximate surface area is 106 Å². The molecule has 0 bridgehead atoms. The van der Waals surface area contributed by atoms with Crippen LogP contribution in [0, 0.1) is 6.92 Å². The Hall–Kier alpha value is -0.910. The van der Waals surface area contributed by atoms with Crippen LogP contribution in [0.5, 0.6) is 0 Å². The molecule has 1 saturated heterocycles. The number of hydrogen-bond donors (Lipinski definition) is 1. The zero-order valence-electron chi connectivity index (χ0n) is 9.93. The summed E-state index contributed by atoms with van der Waals surface area (Å²) < 4.78 is 0. The molecule has 0 aliphatic carbocycles. The first-order chi connectivity index (χ1) is 8.20. The van der Waals surface area contributed by atoms with Crippen LogP contribution in [0.25, 0.3) is 0 Å². The first kappa shape index (κ1) is 12.5. The number of rotatable bonds is 3. The number of hydrogen-bond acceptors (Lipinski definition) is 5. The van der Waals surface area contributed by atoms with Crippen molar-refractivity contribution in [1.82, 2.24) is 14.9 Å². The van der Waals surface area contributed by atoms with E-state index in [1.807, 2.05) is 6.92 Å². The predicted octanol–water partition coefficient (Wildman–Crippen LogP) is 0.553. The maximum atomic E-state index is 8.89. The van der Waals surface area contributed by atoms with Crippen LogP contribution in [0.3, 0.4) is 0 Å². The molecule has 17 heavy (non-hydrogen) atoms. The fraction of sp³-hybridized carbons (Fsp3) is 0.636. The van der Waals surface area contributed by atoms with Crippen LogP contribution in [0.4, 0.5) is 5.82 Å². The molecule has 1 aromatic heterocycles. The van der Waals surface area contributed by atoms with Crippen LogP contribution >= 0.6 is 11.6 Å². The highest BCUT2D eigenvalue weighted by Crippen LogP contribution is 2.19. The molecule has 5 nitrogen and oxygen atoms in total. The SMILES string of the molecule is Cc1cnc(Cl)nc1N1CCN(CCO)CC1. The summed E-state index contributed by atoms with van der Waals surface area (Å²) in [6.07, 6.45) is 1.75. The third kappa shape index (κ3) is 3.06. The molecule has 6 heteroatoms. The molecule has 0 saturated carbocycles. The highest BCUT2D eigenvalue weighted by Gasteiger charge is 2.19. The Morgan fingerprint density at radius 1 is 1.35 bits per heavy atom. The number of aromatic nitrogens is 2. The standard InChI is InChI=1S/C11H17ClN4O/c1-9-8-13-11(12)14-10(9)16-4-2-15(3-5-16)6-7-17/h8,17H,2-7H2,1H3. The minimum absolute atomic E-state index is 0.221. The maximum absolute atomic E-state index is 8.89. The van der Waals surface area contributed by atoms with Gasteiger partial charge in [0, 0.05) is 44.5 Å². The topological polar surface area (TPSA) is 52.5 Å². The van der Waals surface area contributed by atoms with E-state index in [0.29, 0.717) is 5.28 Å². The van der Waals surface area contributed by atoms with Gasteiger partial charge in [-0.2, -0.15) is 0 Å². The molecule has 0 atom stereocenters. The van der Waals surface area contributed by atoms with Gasteiger partial charge in [-0.25, -0.2) is 9.97 Å². The number of aliphatic hydroxyl groups is 1. The summed E-state index contributed by atoms with van der Waals surface area (Å²) in [4.78, 5) is 12.7. The van der Waals surface area contributed by atoms with Gasteiger partial charge in [0.25, 0.3) is 0 Å². The van der Waals surface area contributed by atoms with Crippen molar-refractivity contribution in [1.29, 1.82) is 0 Å². The van der Waals surface area contributed by atoms with Crippen LogP contribution in [0.1, 0.15) is 5.56 Å². The molecule has 1 fully saturated rings. The van der Waals surface area contributed by atoms with E-state index in [9.17, 15) is 0 Å². The van der Waals surface area contributed by atoms with Crippen LogP contribution < -0.4 is 4.90 Å². The summed E-state index contributed by atoms with van der Waals surface area (Å²) in [7, 11) is 0. The molecule has 1 N–H and O–H groups in total. The monoisotopic (exact) mass is 256 g/mol. The molecular weight excluding hydrogens is 240 g/mol. The van der Waals surface area contributed by atoms with Crippen LogP contribution in [-0.4, -0.2) is 59.3 Å². The fourth-order valence-electron chi connectivity index (χ4n) is 2.06. The zero-order valence-corrected chi connectivity index (χ0v) is 10.7. The Bertz CT molecular complexity index is 380. The molecule has 0 amide bonds. The molecule has 1 aliphatic heterocycles. The lowest BCUT2D eigenvalue weighted by molar-refractivity contribution is 0.188. The van der Waals surface area contributed by atoms with Gasteiger partial charge in [0.15, 0.2) is 0 Å². The Morgan fingerprint density at radius 3 is 2.71 bits per heavy atom. The first-order valence-corrected chi connectivity index (χ1v) is 6.16. The van der Waals surface area contributed by atoms with E-state index in [1.54, 1.807) is 6.20 Å². The van der Waals surface area contributed by atoms with E-state index in [0.717, 1.165) is 44.1 Å². The summed E-state index contributed by atoms with van der Waals surface area (Å²) >= 11 is 5.82. The van der Waals surface area contributed by atoms with E-state index in [-0.39, 0.29) is 6.61 Å². The highest BCUT2D eigenvalue weighted by atomic mass is 35.5. The number of aliphatic hydroxyl groups excluding tert-OH is 1. The second-order valence-corrected chi connectivity index (χ2v) is 4.54. The molecule has 1 aliphatic rings. The van der Waals surface area contributed by atoms with Gasteiger partial charge in [-0.15, -0.1) is 0 Å². The van der Waals surface area contributed by atoms with Gasteiger partial charge in [0.1, 0.15) is 5.82 Å².